The molecule has 0 radical (unpaired) electrons. The third-order valence-electron chi connectivity index (χ3n) is 4.39. The van der Waals surface area contributed by atoms with Crippen molar-refractivity contribution in [1.82, 2.24) is 15.2 Å². The molecule has 0 aromatic carbocycles. The molecular formula is C18H26N4O3S. The number of hydrogen-bond donors (Lipinski definition) is 2. The Labute approximate surface area is 157 Å². The Morgan fingerprint density at radius 1 is 1.54 bits per heavy atom. The van der Waals surface area contributed by atoms with Crippen LogP contribution < -0.4 is 10.6 Å². The first-order valence-electron chi connectivity index (χ1n) is 8.83. The van der Waals surface area contributed by atoms with Gasteiger partial charge in [0.15, 0.2) is 5.13 Å². The van der Waals surface area contributed by atoms with Gasteiger partial charge >= 0.3 is 0 Å². The molecule has 3 amide bonds. The predicted molar refractivity (Wildman–Crippen MR) is 102 cm³/mol. The zero-order chi connectivity index (χ0) is 19.1. The van der Waals surface area contributed by atoms with E-state index in [0.29, 0.717) is 30.9 Å². The van der Waals surface area contributed by atoms with E-state index in [0.717, 1.165) is 23.3 Å². The highest BCUT2D eigenvalue weighted by molar-refractivity contribution is 7.15. The first-order valence-corrected chi connectivity index (χ1v) is 9.65. The molecule has 2 heterocycles. The number of amides is 3. The van der Waals surface area contributed by atoms with Crippen molar-refractivity contribution < 1.29 is 14.4 Å². The SMILES string of the molecule is C=C1C[C@@H](C(=O)Nc2ncc(C)s2)N(C(=O)[C@H](CCCC)CNC=O)C1. The van der Waals surface area contributed by atoms with Crippen LogP contribution in [-0.2, 0) is 14.4 Å². The lowest BCUT2D eigenvalue weighted by Crippen LogP contribution is -2.47. The van der Waals surface area contributed by atoms with Gasteiger partial charge in [0, 0.05) is 24.2 Å². The molecule has 2 atom stereocenters. The molecule has 1 aromatic rings. The molecule has 0 bridgehead atoms. The number of aryl methyl sites for hydroxylation is 1. The Kier molecular flexibility index (Phi) is 7.32. The number of nitrogens with zero attached hydrogens (tertiary/aromatic N) is 2. The number of unbranched alkanes of at least 4 members (excludes halogenated alkanes) is 1. The molecule has 1 saturated heterocycles. The van der Waals surface area contributed by atoms with Crippen LogP contribution in [0.5, 0.6) is 0 Å². The van der Waals surface area contributed by atoms with Crippen LogP contribution in [0.4, 0.5) is 5.13 Å². The number of likely N-dealkylation sites (tertiary alicyclic amines) is 1. The first-order chi connectivity index (χ1) is 12.5. The second kappa shape index (κ2) is 9.47. The molecule has 0 aliphatic carbocycles. The summed E-state index contributed by atoms with van der Waals surface area (Å²) in [7, 11) is 0. The molecule has 26 heavy (non-hydrogen) atoms. The summed E-state index contributed by atoms with van der Waals surface area (Å²) >= 11 is 1.40. The Hall–Kier alpha value is -2.22. The van der Waals surface area contributed by atoms with Crippen LogP contribution in [0.25, 0.3) is 0 Å². The molecule has 0 unspecified atom stereocenters. The number of anilines is 1. The zero-order valence-electron chi connectivity index (χ0n) is 15.3. The number of carbonyl (C=O) groups excluding carboxylic acids is 3. The first kappa shape index (κ1) is 20.1. The third-order valence-corrected chi connectivity index (χ3v) is 5.22. The molecule has 7 nitrogen and oxygen atoms in total. The molecule has 1 fully saturated rings. The molecule has 8 heteroatoms. The highest BCUT2D eigenvalue weighted by Gasteiger charge is 2.38. The van der Waals surface area contributed by atoms with Crippen molar-refractivity contribution in [3.8, 4) is 0 Å². The van der Waals surface area contributed by atoms with E-state index in [1.165, 1.54) is 11.3 Å². The highest BCUT2D eigenvalue weighted by atomic mass is 32.1. The molecule has 0 saturated carbocycles. The normalized spacial score (nSPS) is 17.8. The average molecular weight is 378 g/mol. The van der Waals surface area contributed by atoms with Gasteiger partial charge in [-0.05, 0) is 19.8 Å². The number of rotatable bonds is 9. The number of hydrogen-bond acceptors (Lipinski definition) is 5. The quantitative estimate of drug-likeness (QED) is 0.508. The van der Waals surface area contributed by atoms with Crippen molar-refractivity contribution in [2.45, 2.75) is 45.6 Å². The van der Waals surface area contributed by atoms with Gasteiger partial charge in [-0.1, -0.05) is 31.9 Å². The monoisotopic (exact) mass is 378 g/mol. The van der Waals surface area contributed by atoms with Crippen LogP contribution in [0, 0.1) is 12.8 Å². The number of nitrogens with one attached hydrogen (secondary N) is 2. The third kappa shape index (κ3) is 5.14. The topological polar surface area (TPSA) is 91.4 Å². The van der Waals surface area contributed by atoms with Crippen molar-refractivity contribution in [3.05, 3.63) is 23.2 Å². The number of carbonyl (C=O) groups is 3. The maximum absolute atomic E-state index is 13.0. The molecule has 1 aromatic heterocycles. The van der Waals surface area contributed by atoms with Gasteiger partial charge in [-0.2, -0.15) is 0 Å². The minimum Gasteiger partial charge on any atom is -0.358 e. The molecule has 2 rings (SSSR count). The van der Waals surface area contributed by atoms with Gasteiger partial charge in [0.25, 0.3) is 0 Å². The Balaban J connectivity index is 2.10. The van der Waals surface area contributed by atoms with Gasteiger partial charge in [0.2, 0.25) is 18.2 Å². The number of thiazole rings is 1. The minimum absolute atomic E-state index is 0.109. The number of aromatic nitrogens is 1. The fraction of sp³-hybridized carbons (Fsp3) is 0.556. The van der Waals surface area contributed by atoms with Crippen LogP contribution in [0.15, 0.2) is 18.3 Å². The molecular weight excluding hydrogens is 352 g/mol. The largest absolute Gasteiger partial charge is 0.358 e. The van der Waals surface area contributed by atoms with E-state index in [1.54, 1.807) is 11.1 Å². The Morgan fingerprint density at radius 2 is 2.31 bits per heavy atom. The maximum atomic E-state index is 13.0. The van der Waals surface area contributed by atoms with Gasteiger partial charge in [-0.25, -0.2) is 4.98 Å². The van der Waals surface area contributed by atoms with E-state index < -0.39 is 6.04 Å². The maximum Gasteiger partial charge on any atom is 0.249 e. The summed E-state index contributed by atoms with van der Waals surface area (Å²) in [4.78, 5) is 43.1. The van der Waals surface area contributed by atoms with E-state index in [-0.39, 0.29) is 24.3 Å². The Bertz CT molecular complexity index is 673. The molecule has 2 N–H and O–H groups in total. The summed E-state index contributed by atoms with van der Waals surface area (Å²) in [6, 6.07) is -0.584. The molecule has 1 aliphatic rings. The van der Waals surface area contributed by atoms with E-state index in [9.17, 15) is 14.4 Å². The van der Waals surface area contributed by atoms with Gasteiger partial charge < -0.3 is 15.5 Å². The van der Waals surface area contributed by atoms with Crippen molar-refractivity contribution in [1.29, 1.82) is 0 Å². The van der Waals surface area contributed by atoms with Crippen LogP contribution >= 0.6 is 11.3 Å². The predicted octanol–water partition coefficient (Wildman–Crippen LogP) is 2.10. The summed E-state index contributed by atoms with van der Waals surface area (Å²) in [5.74, 6) is -0.686. The summed E-state index contributed by atoms with van der Waals surface area (Å²) in [6.45, 7) is 8.58. The summed E-state index contributed by atoms with van der Waals surface area (Å²) < 4.78 is 0. The highest BCUT2D eigenvalue weighted by Crippen LogP contribution is 2.26. The summed E-state index contributed by atoms with van der Waals surface area (Å²) in [5.41, 5.74) is 0.853. The van der Waals surface area contributed by atoms with Crippen molar-refractivity contribution in [3.63, 3.8) is 0 Å². The zero-order valence-corrected chi connectivity index (χ0v) is 16.1. The second-order valence-electron chi connectivity index (χ2n) is 6.57. The fourth-order valence-corrected chi connectivity index (χ4v) is 3.72. The second-order valence-corrected chi connectivity index (χ2v) is 7.80. The average Bonchev–Trinajstić information content (AvgIpc) is 3.20. The van der Waals surface area contributed by atoms with E-state index in [1.807, 2.05) is 6.92 Å². The lowest BCUT2D eigenvalue weighted by atomic mass is 10.00. The Morgan fingerprint density at radius 3 is 2.92 bits per heavy atom. The van der Waals surface area contributed by atoms with Gasteiger partial charge in [0.05, 0.1) is 5.92 Å². The lowest BCUT2D eigenvalue weighted by molar-refractivity contribution is -0.140. The van der Waals surface area contributed by atoms with Crippen molar-refractivity contribution in [2.75, 3.05) is 18.4 Å². The van der Waals surface area contributed by atoms with Crippen LogP contribution in [0.3, 0.4) is 0 Å². The fourth-order valence-electron chi connectivity index (χ4n) is 3.05. The molecule has 0 spiro atoms. The van der Waals surface area contributed by atoms with Gasteiger partial charge in [0.1, 0.15) is 6.04 Å². The summed E-state index contributed by atoms with van der Waals surface area (Å²) in [6.07, 6.45) is 5.28. The van der Waals surface area contributed by atoms with E-state index in [2.05, 4.69) is 29.1 Å². The molecule has 142 valence electrons. The lowest BCUT2D eigenvalue weighted by Gasteiger charge is -2.27. The van der Waals surface area contributed by atoms with Crippen LogP contribution in [-0.4, -0.2) is 47.2 Å². The van der Waals surface area contributed by atoms with Crippen LogP contribution in [0.2, 0.25) is 0 Å². The minimum atomic E-state index is -0.584. The summed E-state index contributed by atoms with van der Waals surface area (Å²) in [5, 5.41) is 5.93. The van der Waals surface area contributed by atoms with Gasteiger partial charge in [-0.3, -0.25) is 14.4 Å². The van der Waals surface area contributed by atoms with E-state index >= 15 is 0 Å². The van der Waals surface area contributed by atoms with Crippen LogP contribution in [0.1, 0.15) is 37.5 Å². The van der Waals surface area contributed by atoms with Crippen molar-refractivity contribution in [2.24, 2.45) is 5.92 Å². The smallest absolute Gasteiger partial charge is 0.249 e. The van der Waals surface area contributed by atoms with E-state index in [4.69, 9.17) is 0 Å². The van der Waals surface area contributed by atoms with Gasteiger partial charge in [-0.15, -0.1) is 11.3 Å². The molecule has 1 aliphatic heterocycles. The van der Waals surface area contributed by atoms with Crippen molar-refractivity contribution >= 4 is 34.7 Å². The standard InChI is InChI=1S/C18H26N4O3S/c1-4-5-6-14(9-19-11-23)17(25)22-10-12(2)7-15(22)16(24)21-18-20-8-13(3)26-18/h8,11,14-15H,2,4-7,9-10H2,1,3H3,(H,19,23)(H,20,21,24)/t14-,15+/m1/s1.